The SMILES string of the molecule is Cc1cccc(OCC(O)CNC(=O)c2n[nH]c3c2CNCC3)c1.Cl. The number of aromatic nitrogens is 2. The Kier molecular flexibility index (Phi) is 6.81. The second-order valence-corrected chi connectivity index (χ2v) is 5.95. The Balaban J connectivity index is 0.00000225. The molecular weight excluding hydrogens is 344 g/mol. The molecule has 1 aliphatic heterocycles. The van der Waals surface area contributed by atoms with Gasteiger partial charge in [0.05, 0.1) is 0 Å². The molecule has 3 rings (SSSR count). The first kappa shape index (κ1) is 19.2. The number of benzene rings is 1. The van der Waals surface area contributed by atoms with Gasteiger partial charge in [0.1, 0.15) is 18.5 Å². The van der Waals surface area contributed by atoms with E-state index in [4.69, 9.17) is 4.74 Å². The lowest BCUT2D eigenvalue weighted by Crippen LogP contribution is -2.36. The number of halogens is 1. The minimum Gasteiger partial charge on any atom is -0.491 e. The maximum atomic E-state index is 12.2. The van der Waals surface area contributed by atoms with Crippen LogP contribution in [0.3, 0.4) is 0 Å². The summed E-state index contributed by atoms with van der Waals surface area (Å²) in [6.07, 6.45) is 0.0464. The molecule has 2 aromatic rings. The van der Waals surface area contributed by atoms with Gasteiger partial charge in [0.25, 0.3) is 5.91 Å². The number of hydrogen-bond donors (Lipinski definition) is 4. The molecule has 0 aliphatic carbocycles. The van der Waals surface area contributed by atoms with Gasteiger partial charge in [0, 0.05) is 37.3 Å². The third-order valence-electron chi connectivity index (χ3n) is 3.95. The van der Waals surface area contributed by atoms with E-state index in [0.29, 0.717) is 18.0 Å². The van der Waals surface area contributed by atoms with Crippen LogP contribution in [-0.4, -0.2) is 47.0 Å². The Morgan fingerprint density at radius 1 is 1.48 bits per heavy atom. The van der Waals surface area contributed by atoms with Gasteiger partial charge < -0.3 is 20.5 Å². The van der Waals surface area contributed by atoms with Crippen LogP contribution < -0.4 is 15.4 Å². The number of hydrogen-bond acceptors (Lipinski definition) is 5. The number of amides is 1. The van der Waals surface area contributed by atoms with Gasteiger partial charge in [0.15, 0.2) is 5.69 Å². The first-order valence-electron chi connectivity index (χ1n) is 8.06. The molecule has 0 fully saturated rings. The molecule has 0 spiro atoms. The van der Waals surface area contributed by atoms with Crippen molar-refractivity contribution in [1.29, 1.82) is 0 Å². The molecule has 0 saturated carbocycles. The van der Waals surface area contributed by atoms with Crippen LogP contribution in [0.25, 0.3) is 0 Å². The van der Waals surface area contributed by atoms with E-state index >= 15 is 0 Å². The van der Waals surface area contributed by atoms with Crippen molar-refractivity contribution in [3.8, 4) is 5.75 Å². The molecule has 1 amide bonds. The van der Waals surface area contributed by atoms with Crippen LogP contribution in [0.1, 0.15) is 27.3 Å². The zero-order chi connectivity index (χ0) is 16.9. The molecule has 1 atom stereocenters. The zero-order valence-corrected chi connectivity index (χ0v) is 14.9. The zero-order valence-electron chi connectivity index (χ0n) is 14.0. The monoisotopic (exact) mass is 366 g/mol. The molecule has 1 aliphatic rings. The van der Waals surface area contributed by atoms with Gasteiger partial charge in [-0.25, -0.2) is 0 Å². The maximum Gasteiger partial charge on any atom is 0.272 e. The molecule has 0 bridgehead atoms. The molecule has 1 aromatic carbocycles. The fourth-order valence-corrected chi connectivity index (χ4v) is 2.66. The van der Waals surface area contributed by atoms with Crippen LogP contribution in [0.4, 0.5) is 0 Å². The number of carbonyl (C=O) groups excluding carboxylic acids is 1. The number of rotatable bonds is 6. The summed E-state index contributed by atoms with van der Waals surface area (Å²) in [5.41, 5.74) is 3.39. The Morgan fingerprint density at radius 3 is 3.12 bits per heavy atom. The highest BCUT2D eigenvalue weighted by Gasteiger charge is 2.21. The fourth-order valence-electron chi connectivity index (χ4n) is 2.66. The molecule has 8 heteroatoms. The number of fused-ring (bicyclic) bond motifs is 1. The van der Waals surface area contributed by atoms with E-state index in [9.17, 15) is 9.90 Å². The molecule has 4 N–H and O–H groups in total. The number of aliphatic hydroxyl groups excluding tert-OH is 1. The fraction of sp³-hybridized carbons (Fsp3) is 0.412. The van der Waals surface area contributed by atoms with Crippen molar-refractivity contribution in [2.75, 3.05) is 19.7 Å². The maximum absolute atomic E-state index is 12.2. The Labute approximate surface area is 152 Å². The molecule has 1 aromatic heterocycles. The van der Waals surface area contributed by atoms with Crippen molar-refractivity contribution in [1.82, 2.24) is 20.8 Å². The predicted molar refractivity (Wildman–Crippen MR) is 96.3 cm³/mol. The Morgan fingerprint density at radius 2 is 2.32 bits per heavy atom. The average molecular weight is 367 g/mol. The Hall–Kier alpha value is -2.09. The molecular formula is C17H23ClN4O3. The van der Waals surface area contributed by atoms with Gasteiger partial charge in [-0.1, -0.05) is 12.1 Å². The standard InChI is InChI=1S/C17H22N4O3.ClH/c1-11-3-2-4-13(7-11)24-10-12(22)8-19-17(23)16-14-9-18-6-5-15(14)20-21-16;/h2-4,7,12,18,22H,5-6,8-10H2,1H3,(H,19,23)(H,20,21);1H. The summed E-state index contributed by atoms with van der Waals surface area (Å²) in [5.74, 6) is 0.415. The highest BCUT2D eigenvalue weighted by molar-refractivity contribution is 5.94. The van der Waals surface area contributed by atoms with Crippen molar-refractivity contribution < 1.29 is 14.6 Å². The highest BCUT2D eigenvalue weighted by Crippen LogP contribution is 2.15. The van der Waals surface area contributed by atoms with Gasteiger partial charge in [-0.2, -0.15) is 5.10 Å². The van der Waals surface area contributed by atoms with Gasteiger partial charge in [-0.15, -0.1) is 12.4 Å². The molecule has 0 radical (unpaired) electrons. The van der Waals surface area contributed by atoms with Crippen LogP contribution in [-0.2, 0) is 13.0 Å². The van der Waals surface area contributed by atoms with Gasteiger partial charge in [-0.3, -0.25) is 9.89 Å². The van der Waals surface area contributed by atoms with Crippen molar-refractivity contribution in [2.24, 2.45) is 0 Å². The first-order valence-corrected chi connectivity index (χ1v) is 8.06. The largest absolute Gasteiger partial charge is 0.491 e. The van der Waals surface area contributed by atoms with Gasteiger partial charge in [0.2, 0.25) is 0 Å². The molecule has 136 valence electrons. The second kappa shape index (κ2) is 8.84. The van der Waals surface area contributed by atoms with E-state index < -0.39 is 6.10 Å². The highest BCUT2D eigenvalue weighted by atomic mass is 35.5. The average Bonchev–Trinajstić information content (AvgIpc) is 3.02. The van der Waals surface area contributed by atoms with E-state index in [0.717, 1.165) is 29.8 Å². The summed E-state index contributed by atoms with van der Waals surface area (Å²) in [6.45, 7) is 3.71. The smallest absolute Gasteiger partial charge is 0.272 e. The molecule has 2 heterocycles. The summed E-state index contributed by atoms with van der Waals surface area (Å²) >= 11 is 0. The minimum absolute atomic E-state index is 0. The lowest BCUT2D eigenvalue weighted by Gasteiger charge is -2.15. The normalized spacial score (nSPS) is 14.2. The minimum atomic E-state index is -0.789. The number of H-pyrrole nitrogens is 1. The van der Waals surface area contributed by atoms with Crippen molar-refractivity contribution in [3.05, 3.63) is 46.8 Å². The van der Waals surface area contributed by atoms with Gasteiger partial charge in [-0.05, 0) is 24.6 Å². The third kappa shape index (κ3) is 4.94. The number of ether oxygens (including phenoxy) is 1. The third-order valence-corrected chi connectivity index (χ3v) is 3.95. The lowest BCUT2D eigenvalue weighted by atomic mass is 10.1. The number of aliphatic hydroxyl groups is 1. The summed E-state index contributed by atoms with van der Waals surface area (Å²) in [6, 6.07) is 7.60. The van der Waals surface area contributed by atoms with Gasteiger partial charge >= 0.3 is 0 Å². The Bertz CT molecular complexity index is 720. The summed E-state index contributed by atoms with van der Waals surface area (Å²) in [7, 11) is 0. The van der Waals surface area contributed by atoms with Crippen molar-refractivity contribution in [3.63, 3.8) is 0 Å². The predicted octanol–water partition coefficient (Wildman–Crippen LogP) is 0.955. The van der Waals surface area contributed by atoms with Crippen molar-refractivity contribution >= 4 is 18.3 Å². The topological polar surface area (TPSA) is 99.3 Å². The van der Waals surface area contributed by atoms with E-state index in [2.05, 4.69) is 20.8 Å². The molecule has 25 heavy (non-hydrogen) atoms. The summed E-state index contributed by atoms with van der Waals surface area (Å²) < 4.78 is 5.53. The van der Waals surface area contributed by atoms with Crippen molar-refractivity contribution in [2.45, 2.75) is 26.0 Å². The van der Waals surface area contributed by atoms with E-state index in [1.807, 2.05) is 31.2 Å². The molecule has 0 saturated heterocycles. The van der Waals surface area contributed by atoms with E-state index in [-0.39, 0.29) is 31.5 Å². The number of carbonyl (C=O) groups is 1. The first-order chi connectivity index (χ1) is 11.6. The summed E-state index contributed by atoms with van der Waals surface area (Å²) in [4.78, 5) is 12.2. The second-order valence-electron chi connectivity index (χ2n) is 5.95. The van der Waals surface area contributed by atoms with Crippen LogP contribution in [0.2, 0.25) is 0 Å². The van der Waals surface area contributed by atoms with Crippen LogP contribution in [0, 0.1) is 6.92 Å². The number of aryl methyl sites for hydroxylation is 1. The quantitative estimate of drug-likeness (QED) is 0.610. The van der Waals surface area contributed by atoms with E-state index in [1.165, 1.54) is 0 Å². The summed E-state index contributed by atoms with van der Waals surface area (Å²) in [5, 5.41) is 22.9. The molecule has 1 unspecified atom stereocenters. The molecule has 7 nitrogen and oxygen atoms in total. The van der Waals surface area contributed by atoms with E-state index in [1.54, 1.807) is 0 Å². The van der Waals surface area contributed by atoms with Crippen LogP contribution in [0.15, 0.2) is 24.3 Å². The number of nitrogens with zero attached hydrogens (tertiary/aromatic N) is 1. The van der Waals surface area contributed by atoms with Crippen LogP contribution >= 0.6 is 12.4 Å². The number of nitrogens with one attached hydrogen (secondary N) is 3. The lowest BCUT2D eigenvalue weighted by molar-refractivity contribution is 0.0839. The van der Waals surface area contributed by atoms with Crippen LogP contribution in [0.5, 0.6) is 5.75 Å². The number of aromatic amines is 1.